The molecule has 0 aromatic carbocycles. The lowest BCUT2D eigenvalue weighted by Crippen LogP contribution is -2.30. The summed E-state index contributed by atoms with van der Waals surface area (Å²) in [7, 11) is 0. The van der Waals surface area contributed by atoms with Crippen molar-refractivity contribution in [1.82, 2.24) is 0 Å². The average Bonchev–Trinajstić information content (AvgIpc) is 3.43. The Hall–Kier alpha value is -4.45. The molecule has 0 saturated heterocycles. The van der Waals surface area contributed by atoms with Crippen LogP contribution in [0.3, 0.4) is 0 Å². The number of hydrogen-bond acceptors (Lipinski definition) is 6. The van der Waals surface area contributed by atoms with Gasteiger partial charge in [0, 0.05) is 19.3 Å². The number of esters is 3. The van der Waals surface area contributed by atoms with Crippen LogP contribution in [0.2, 0.25) is 0 Å². The maximum absolute atomic E-state index is 12.9. The molecule has 0 N–H and O–H groups in total. The number of hydrogen-bond donors (Lipinski definition) is 0. The van der Waals surface area contributed by atoms with Crippen LogP contribution in [-0.2, 0) is 28.6 Å². The van der Waals surface area contributed by atoms with Crippen molar-refractivity contribution >= 4 is 17.9 Å². The molecular weight excluding hydrogens is 949 g/mol. The zero-order valence-electron chi connectivity index (χ0n) is 49.9. The Balaban J connectivity index is 4.44. The summed E-state index contributed by atoms with van der Waals surface area (Å²) in [6, 6.07) is 0. The number of carbonyl (C=O) groups is 3. The Labute approximate surface area is 475 Å². The number of allylic oxidation sites excluding steroid dienone is 22. The maximum atomic E-state index is 12.9. The molecule has 436 valence electrons. The van der Waals surface area contributed by atoms with Gasteiger partial charge in [0.05, 0.1) is 0 Å². The fourth-order valence-corrected chi connectivity index (χ4v) is 8.37. The fraction of sp³-hybridized carbons (Fsp3) is 0.648. The smallest absolute Gasteiger partial charge is 0.306 e. The van der Waals surface area contributed by atoms with Crippen LogP contribution in [0.1, 0.15) is 278 Å². The molecule has 6 nitrogen and oxygen atoms in total. The summed E-state index contributed by atoms with van der Waals surface area (Å²) in [6.45, 7) is 6.41. The monoisotopic (exact) mass is 1060 g/mol. The summed E-state index contributed by atoms with van der Waals surface area (Å²) in [4.78, 5) is 38.3. The van der Waals surface area contributed by atoms with Gasteiger partial charge in [-0.2, -0.15) is 0 Å². The zero-order valence-corrected chi connectivity index (χ0v) is 49.9. The number of unbranched alkanes of at least 4 members (excludes halogenated alkanes) is 23. The Morgan fingerprint density at radius 2 is 0.532 bits per heavy atom. The van der Waals surface area contributed by atoms with Gasteiger partial charge in [-0.3, -0.25) is 14.4 Å². The molecule has 0 aromatic rings. The van der Waals surface area contributed by atoms with Crippen LogP contribution in [0, 0.1) is 0 Å². The largest absolute Gasteiger partial charge is 0.462 e. The van der Waals surface area contributed by atoms with Crippen molar-refractivity contribution in [3.05, 3.63) is 134 Å². The normalized spacial score (nSPS) is 13.0. The van der Waals surface area contributed by atoms with Crippen molar-refractivity contribution in [2.45, 2.75) is 284 Å². The van der Waals surface area contributed by atoms with Gasteiger partial charge in [0.1, 0.15) is 13.2 Å². The third kappa shape index (κ3) is 62.3. The van der Waals surface area contributed by atoms with Gasteiger partial charge >= 0.3 is 17.9 Å². The molecule has 0 aromatic heterocycles. The van der Waals surface area contributed by atoms with Crippen molar-refractivity contribution in [3.8, 4) is 0 Å². The average molecular weight is 1070 g/mol. The molecule has 0 saturated carbocycles. The van der Waals surface area contributed by atoms with Crippen molar-refractivity contribution in [3.63, 3.8) is 0 Å². The topological polar surface area (TPSA) is 78.9 Å². The van der Waals surface area contributed by atoms with Crippen LogP contribution in [0.4, 0.5) is 0 Å². The van der Waals surface area contributed by atoms with Gasteiger partial charge in [0.25, 0.3) is 0 Å². The minimum absolute atomic E-state index is 0.103. The highest BCUT2D eigenvalue weighted by Crippen LogP contribution is 2.15. The van der Waals surface area contributed by atoms with E-state index in [2.05, 4.69) is 154 Å². The third-order valence-corrected chi connectivity index (χ3v) is 13.1. The second-order valence-electron chi connectivity index (χ2n) is 20.6. The van der Waals surface area contributed by atoms with Gasteiger partial charge in [0.15, 0.2) is 6.10 Å². The van der Waals surface area contributed by atoms with E-state index in [1.807, 2.05) is 0 Å². The Morgan fingerprint density at radius 3 is 0.883 bits per heavy atom. The Kier molecular flexibility index (Phi) is 60.4. The Bertz CT molecular complexity index is 1650. The molecule has 0 bridgehead atoms. The van der Waals surface area contributed by atoms with E-state index < -0.39 is 6.10 Å². The SMILES string of the molecule is CC/C=C\C/C=C\C/C=C\C/C=C\C/C=C\C/C=C\C/C=C\C/C=C\CCCCC(=O)OCC(COC(=O)CCCCCCC/C=C\C/C=C\CCC)OC(=O)CCCCCCCCCCC/C=C\CCCCCCCC. The minimum Gasteiger partial charge on any atom is -0.462 e. The standard InChI is InChI=1S/C71H116O6/c1-4-7-10-13-16-19-22-25-27-29-31-32-33-34-35-36-37-38-40-41-43-46-49-52-55-58-61-64-70(73)76-67-68(66-75-69(72)63-60-57-54-51-48-45-24-21-18-15-12-9-6-3)77-71(74)65-62-59-56-53-50-47-44-42-39-30-28-26-23-20-17-14-11-8-5-2/h7,10,12,15-16,19,21,24-28,31-32,34-35,37-38,41,43,49,52,68H,4-6,8-9,11,13-14,17-18,20,22-23,29-30,33,36,39-40,42,44-48,50-51,53-67H2,1-3H3/b10-7-,15-12-,19-16-,24-21-,27-25-,28-26-,32-31-,35-34-,38-37-,43-41-,52-49-. The molecule has 0 aliphatic rings. The molecule has 0 radical (unpaired) electrons. The Morgan fingerprint density at radius 1 is 0.273 bits per heavy atom. The minimum atomic E-state index is -0.809. The summed E-state index contributed by atoms with van der Waals surface area (Å²) < 4.78 is 16.9. The van der Waals surface area contributed by atoms with E-state index in [9.17, 15) is 14.4 Å². The van der Waals surface area contributed by atoms with Crippen LogP contribution in [0.5, 0.6) is 0 Å². The summed E-state index contributed by atoms with van der Waals surface area (Å²) >= 11 is 0. The van der Waals surface area contributed by atoms with E-state index in [4.69, 9.17) is 14.2 Å². The summed E-state index contributed by atoms with van der Waals surface area (Å²) in [5.41, 5.74) is 0. The first kappa shape index (κ1) is 72.5. The molecule has 0 amide bonds. The molecule has 0 fully saturated rings. The predicted octanol–water partition coefficient (Wildman–Crippen LogP) is 21.8. The molecule has 0 aliphatic carbocycles. The van der Waals surface area contributed by atoms with E-state index in [0.717, 1.165) is 135 Å². The van der Waals surface area contributed by atoms with E-state index in [-0.39, 0.29) is 31.1 Å². The molecule has 0 aliphatic heterocycles. The molecule has 1 unspecified atom stereocenters. The molecular formula is C71H116O6. The second-order valence-corrected chi connectivity index (χ2v) is 20.6. The van der Waals surface area contributed by atoms with Gasteiger partial charge in [-0.25, -0.2) is 0 Å². The summed E-state index contributed by atoms with van der Waals surface area (Å²) in [5, 5.41) is 0. The summed E-state index contributed by atoms with van der Waals surface area (Å²) in [5.74, 6) is -0.963. The van der Waals surface area contributed by atoms with Crippen molar-refractivity contribution in [2.75, 3.05) is 13.2 Å². The predicted molar refractivity (Wildman–Crippen MR) is 334 cm³/mol. The summed E-state index contributed by atoms with van der Waals surface area (Å²) in [6.07, 6.45) is 90.3. The van der Waals surface area contributed by atoms with E-state index >= 15 is 0 Å². The van der Waals surface area contributed by atoms with E-state index in [1.165, 1.54) is 96.3 Å². The first-order valence-electron chi connectivity index (χ1n) is 31.7. The maximum Gasteiger partial charge on any atom is 0.306 e. The second kappa shape index (κ2) is 64.1. The highest BCUT2D eigenvalue weighted by Gasteiger charge is 2.19. The van der Waals surface area contributed by atoms with Crippen molar-refractivity contribution < 1.29 is 28.6 Å². The molecule has 77 heavy (non-hydrogen) atoms. The quantitative estimate of drug-likeness (QED) is 0.0261. The zero-order chi connectivity index (χ0) is 55.7. The fourth-order valence-electron chi connectivity index (χ4n) is 8.37. The van der Waals surface area contributed by atoms with Gasteiger partial charge < -0.3 is 14.2 Å². The molecule has 1 atom stereocenters. The molecule has 0 spiro atoms. The first-order valence-corrected chi connectivity index (χ1v) is 31.7. The molecule has 0 heterocycles. The van der Waals surface area contributed by atoms with Crippen LogP contribution >= 0.6 is 0 Å². The third-order valence-electron chi connectivity index (χ3n) is 13.1. The van der Waals surface area contributed by atoms with Crippen LogP contribution in [0.25, 0.3) is 0 Å². The van der Waals surface area contributed by atoms with Gasteiger partial charge in [-0.1, -0.05) is 257 Å². The number of rotatable bonds is 56. The van der Waals surface area contributed by atoms with Gasteiger partial charge in [0.2, 0.25) is 0 Å². The van der Waals surface area contributed by atoms with E-state index in [0.29, 0.717) is 25.7 Å². The van der Waals surface area contributed by atoms with Crippen LogP contribution in [0.15, 0.2) is 134 Å². The lowest BCUT2D eigenvalue weighted by atomic mass is 10.1. The number of carbonyl (C=O) groups excluding carboxylic acids is 3. The van der Waals surface area contributed by atoms with Crippen molar-refractivity contribution in [2.24, 2.45) is 0 Å². The lowest BCUT2D eigenvalue weighted by Gasteiger charge is -2.18. The highest BCUT2D eigenvalue weighted by atomic mass is 16.6. The van der Waals surface area contributed by atoms with Crippen LogP contribution < -0.4 is 0 Å². The van der Waals surface area contributed by atoms with E-state index in [1.54, 1.807) is 0 Å². The van der Waals surface area contributed by atoms with Crippen molar-refractivity contribution in [1.29, 1.82) is 0 Å². The molecule has 6 heteroatoms. The van der Waals surface area contributed by atoms with Crippen LogP contribution in [-0.4, -0.2) is 37.2 Å². The van der Waals surface area contributed by atoms with Gasteiger partial charge in [-0.15, -0.1) is 0 Å². The number of ether oxygens (including phenoxy) is 3. The highest BCUT2D eigenvalue weighted by molar-refractivity contribution is 5.71. The lowest BCUT2D eigenvalue weighted by molar-refractivity contribution is -0.167. The van der Waals surface area contributed by atoms with Gasteiger partial charge in [-0.05, 0) is 135 Å². The molecule has 0 rings (SSSR count). The first-order chi connectivity index (χ1) is 38.0.